The third-order valence-corrected chi connectivity index (χ3v) is 5.49. The first-order valence-electron chi connectivity index (χ1n) is 9.24. The molecule has 2 aromatic carbocycles. The highest BCUT2D eigenvalue weighted by molar-refractivity contribution is 9.10. The van der Waals surface area contributed by atoms with Gasteiger partial charge in [0.05, 0.1) is 18.2 Å². The van der Waals surface area contributed by atoms with Gasteiger partial charge in [0.1, 0.15) is 10.2 Å². The second kappa shape index (κ2) is 8.90. The minimum Gasteiger partial charge on any atom is -0.506 e. The molecule has 0 saturated carbocycles. The maximum atomic E-state index is 12.7. The van der Waals surface area contributed by atoms with Gasteiger partial charge in [-0.05, 0) is 51.5 Å². The van der Waals surface area contributed by atoms with Crippen molar-refractivity contribution in [3.05, 3.63) is 86.2 Å². The van der Waals surface area contributed by atoms with E-state index in [2.05, 4.69) is 28.9 Å². The van der Waals surface area contributed by atoms with Gasteiger partial charge in [0.2, 0.25) is 0 Å². The second-order valence-corrected chi connectivity index (χ2v) is 7.48. The van der Waals surface area contributed by atoms with Crippen molar-refractivity contribution in [1.29, 1.82) is 5.26 Å². The molecule has 0 atom stereocenters. The molecule has 5 heteroatoms. The van der Waals surface area contributed by atoms with Crippen LogP contribution in [0.25, 0.3) is 11.1 Å². The topological polar surface area (TPSA) is 66.0 Å². The van der Waals surface area contributed by atoms with Gasteiger partial charge in [-0.25, -0.2) is 0 Å². The summed E-state index contributed by atoms with van der Waals surface area (Å²) in [5.74, 6) is -0.0178. The van der Waals surface area contributed by atoms with E-state index < -0.39 is 0 Å². The number of hydrogen-bond donors (Lipinski definition) is 1. The molecule has 1 N–H and O–H groups in total. The van der Waals surface area contributed by atoms with Gasteiger partial charge in [-0.15, -0.1) is 0 Å². The summed E-state index contributed by atoms with van der Waals surface area (Å²) in [5, 5.41) is 19.3. The van der Waals surface area contributed by atoms with E-state index in [4.69, 9.17) is 0 Å². The lowest BCUT2D eigenvalue weighted by Crippen LogP contribution is -2.24. The summed E-state index contributed by atoms with van der Waals surface area (Å²) in [6.07, 6.45) is 2.70. The number of pyridine rings is 1. The molecular formula is C23H21BrN2O2. The minimum atomic E-state index is -0.231. The van der Waals surface area contributed by atoms with Crippen LogP contribution in [0.2, 0.25) is 0 Å². The fourth-order valence-electron chi connectivity index (χ4n) is 3.20. The molecular weight excluding hydrogens is 416 g/mol. The molecule has 0 aliphatic heterocycles. The highest BCUT2D eigenvalue weighted by Gasteiger charge is 2.13. The van der Waals surface area contributed by atoms with Crippen LogP contribution in [0.5, 0.6) is 5.75 Å². The van der Waals surface area contributed by atoms with Crippen LogP contribution in [0.1, 0.15) is 36.6 Å². The van der Waals surface area contributed by atoms with Crippen LogP contribution >= 0.6 is 15.9 Å². The Kier molecular flexibility index (Phi) is 6.33. The van der Waals surface area contributed by atoms with Crippen LogP contribution < -0.4 is 5.56 Å². The number of aryl methyl sites for hydroxylation is 1. The summed E-state index contributed by atoms with van der Waals surface area (Å²) in [5.41, 5.74) is 4.07. The number of rotatable bonds is 6. The van der Waals surface area contributed by atoms with Crippen molar-refractivity contribution in [2.75, 3.05) is 0 Å². The van der Waals surface area contributed by atoms with E-state index in [9.17, 15) is 15.2 Å². The first-order valence-corrected chi connectivity index (χ1v) is 10.0. The monoisotopic (exact) mass is 436 g/mol. The fraction of sp³-hybridized carbons (Fsp3) is 0.217. The zero-order valence-electron chi connectivity index (χ0n) is 15.7. The predicted octanol–water partition coefficient (Wildman–Crippen LogP) is 5.25. The fourth-order valence-corrected chi connectivity index (χ4v) is 3.53. The van der Waals surface area contributed by atoms with Crippen molar-refractivity contribution in [3.8, 4) is 22.9 Å². The lowest BCUT2D eigenvalue weighted by atomic mass is 9.99. The van der Waals surface area contributed by atoms with E-state index in [0.717, 1.165) is 41.6 Å². The normalized spacial score (nSPS) is 10.6. The van der Waals surface area contributed by atoms with E-state index in [1.54, 1.807) is 16.7 Å². The van der Waals surface area contributed by atoms with Crippen molar-refractivity contribution >= 4 is 15.9 Å². The van der Waals surface area contributed by atoms with Gasteiger partial charge in [-0.3, -0.25) is 4.79 Å². The molecule has 0 spiro atoms. The van der Waals surface area contributed by atoms with E-state index >= 15 is 0 Å². The molecule has 0 radical (unpaired) electrons. The molecule has 0 amide bonds. The van der Waals surface area contributed by atoms with Crippen molar-refractivity contribution in [1.82, 2.24) is 4.57 Å². The van der Waals surface area contributed by atoms with E-state index in [1.165, 1.54) is 0 Å². The number of hydrogen-bond acceptors (Lipinski definition) is 3. The number of nitriles is 1. The number of aromatic nitrogens is 1. The summed E-state index contributed by atoms with van der Waals surface area (Å²) in [6.45, 7) is 2.52. The number of unbranched alkanes of at least 4 members (excludes halogenated alkanes) is 1. The smallest absolute Gasteiger partial charge is 0.269 e. The standard InChI is InChI=1S/C23H21BrN2O2/c1-2-3-7-19-13-21(27)22(24)23(28)26(19)15-16-9-11-17(12-10-16)20-8-5-4-6-18(20)14-25/h4-6,8-13,27H,2-3,7,15H2,1H3. The highest BCUT2D eigenvalue weighted by Crippen LogP contribution is 2.25. The largest absolute Gasteiger partial charge is 0.506 e. The van der Waals surface area contributed by atoms with Gasteiger partial charge in [-0.2, -0.15) is 5.26 Å². The third-order valence-electron chi connectivity index (χ3n) is 4.75. The Balaban J connectivity index is 1.94. The summed E-state index contributed by atoms with van der Waals surface area (Å²) in [4.78, 5) is 12.7. The number of benzene rings is 2. The number of nitrogens with zero attached hydrogens (tertiary/aromatic N) is 2. The van der Waals surface area contributed by atoms with Crippen LogP contribution in [0.4, 0.5) is 0 Å². The van der Waals surface area contributed by atoms with Gasteiger partial charge < -0.3 is 9.67 Å². The molecule has 1 heterocycles. The van der Waals surface area contributed by atoms with Gasteiger partial charge in [0, 0.05) is 11.8 Å². The van der Waals surface area contributed by atoms with Crippen molar-refractivity contribution in [3.63, 3.8) is 0 Å². The molecule has 0 aliphatic rings. The maximum Gasteiger partial charge on any atom is 0.269 e. The quantitative estimate of drug-likeness (QED) is 0.573. The Morgan fingerprint density at radius 3 is 2.54 bits per heavy atom. The molecule has 1 aromatic heterocycles. The molecule has 3 rings (SSSR count). The lowest BCUT2D eigenvalue weighted by molar-refractivity contribution is 0.464. The molecule has 0 saturated heterocycles. The minimum absolute atomic E-state index is 0.0178. The number of halogens is 1. The average molecular weight is 437 g/mol. The second-order valence-electron chi connectivity index (χ2n) is 6.68. The number of aromatic hydroxyl groups is 1. The molecule has 0 bridgehead atoms. The SMILES string of the molecule is CCCCc1cc(O)c(Br)c(=O)n1Cc1ccc(-c2ccccc2C#N)cc1. The zero-order valence-corrected chi connectivity index (χ0v) is 17.2. The molecule has 0 fully saturated rings. The first kappa shape index (κ1) is 19.9. The van der Waals surface area contributed by atoms with E-state index in [1.807, 2.05) is 42.5 Å². The Morgan fingerprint density at radius 1 is 1.14 bits per heavy atom. The van der Waals surface area contributed by atoms with Gasteiger partial charge >= 0.3 is 0 Å². The van der Waals surface area contributed by atoms with Crippen molar-refractivity contribution in [2.24, 2.45) is 0 Å². The predicted molar refractivity (Wildman–Crippen MR) is 114 cm³/mol. The molecule has 0 unspecified atom stereocenters. The highest BCUT2D eigenvalue weighted by atomic mass is 79.9. The van der Waals surface area contributed by atoms with Gasteiger partial charge in [0.15, 0.2) is 0 Å². The van der Waals surface area contributed by atoms with E-state index in [0.29, 0.717) is 12.1 Å². The van der Waals surface area contributed by atoms with Gasteiger partial charge in [-0.1, -0.05) is 55.8 Å². The Morgan fingerprint density at radius 2 is 1.86 bits per heavy atom. The van der Waals surface area contributed by atoms with Crippen LogP contribution in [-0.4, -0.2) is 9.67 Å². The Bertz CT molecular complexity index is 1080. The molecule has 142 valence electrons. The summed E-state index contributed by atoms with van der Waals surface area (Å²) < 4.78 is 1.89. The Hall–Kier alpha value is -2.84. The molecule has 4 nitrogen and oxygen atoms in total. The third kappa shape index (κ3) is 4.18. The van der Waals surface area contributed by atoms with Gasteiger partial charge in [0.25, 0.3) is 5.56 Å². The maximum absolute atomic E-state index is 12.7. The van der Waals surface area contributed by atoms with Crippen LogP contribution in [0.15, 0.2) is 63.9 Å². The Labute approximate surface area is 172 Å². The van der Waals surface area contributed by atoms with Crippen LogP contribution in [0, 0.1) is 11.3 Å². The van der Waals surface area contributed by atoms with Crippen molar-refractivity contribution in [2.45, 2.75) is 32.7 Å². The van der Waals surface area contributed by atoms with Crippen LogP contribution in [-0.2, 0) is 13.0 Å². The molecule has 0 aliphatic carbocycles. The lowest BCUT2D eigenvalue weighted by Gasteiger charge is -2.15. The van der Waals surface area contributed by atoms with Crippen molar-refractivity contribution < 1.29 is 5.11 Å². The molecule has 28 heavy (non-hydrogen) atoms. The zero-order chi connectivity index (χ0) is 20.1. The first-order chi connectivity index (χ1) is 13.5. The average Bonchev–Trinajstić information content (AvgIpc) is 2.73. The van der Waals surface area contributed by atoms with Crippen LogP contribution in [0.3, 0.4) is 0 Å². The summed E-state index contributed by atoms with van der Waals surface area (Å²) in [7, 11) is 0. The summed E-state index contributed by atoms with van der Waals surface area (Å²) >= 11 is 3.19. The summed E-state index contributed by atoms with van der Waals surface area (Å²) in [6, 6.07) is 19.3. The molecule has 3 aromatic rings. The van der Waals surface area contributed by atoms with E-state index in [-0.39, 0.29) is 15.8 Å².